The molecule has 0 aliphatic heterocycles. The van der Waals surface area contributed by atoms with E-state index in [4.69, 9.17) is 0 Å². The van der Waals surface area contributed by atoms with Gasteiger partial charge >= 0.3 is 0 Å². The highest BCUT2D eigenvalue weighted by Crippen LogP contribution is 2.28. The van der Waals surface area contributed by atoms with Crippen molar-refractivity contribution < 1.29 is 4.79 Å². The van der Waals surface area contributed by atoms with Crippen molar-refractivity contribution in [2.45, 2.75) is 66.2 Å². The zero-order valence-electron chi connectivity index (χ0n) is 12.5. The number of hydrogen-bond acceptors (Lipinski definition) is 1. The first kappa shape index (κ1) is 17.9. The van der Waals surface area contributed by atoms with Gasteiger partial charge in [-0.2, -0.15) is 0 Å². The predicted molar refractivity (Wildman–Crippen MR) is 83.1 cm³/mol. The second-order valence-corrected chi connectivity index (χ2v) is 5.89. The summed E-state index contributed by atoms with van der Waals surface area (Å²) in [5, 5.41) is 4.13. The van der Waals surface area contributed by atoms with Crippen molar-refractivity contribution in [2.75, 3.05) is 11.9 Å². The molecule has 0 aromatic carbocycles. The maximum Gasteiger partial charge on any atom is 0.223 e. The summed E-state index contributed by atoms with van der Waals surface area (Å²) >= 11 is 3.59. The van der Waals surface area contributed by atoms with E-state index in [9.17, 15) is 4.79 Å². The summed E-state index contributed by atoms with van der Waals surface area (Å²) in [6.45, 7) is 9.50. The molecule has 0 rings (SSSR count). The molecule has 1 amide bonds. The fourth-order valence-electron chi connectivity index (χ4n) is 2.26. The molecule has 0 aromatic rings. The number of rotatable bonds is 10. The standard InChI is InChI=1S/C15H30BrNO/c1-5-9-13(10-6-2)14(18)17-12-15(7-3,8-4)11-16/h13H,5-12H2,1-4H3,(H,17,18). The van der Waals surface area contributed by atoms with Crippen molar-refractivity contribution in [1.82, 2.24) is 5.32 Å². The average Bonchev–Trinajstić information content (AvgIpc) is 2.40. The van der Waals surface area contributed by atoms with E-state index in [-0.39, 0.29) is 17.2 Å². The predicted octanol–water partition coefficient (Wildman–Crippen LogP) is 4.52. The minimum absolute atomic E-state index is 0.210. The lowest BCUT2D eigenvalue weighted by molar-refractivity contribution is -0.126. The van der Waals surface area contributed by atoms with Gasteiger partial charge in [-0.1, -0.05) is 56.5 Å². The summed E-state index contributed by atoms with van der Waals surface area (Å²) in [5.74, 6) is 0.465. The van der Waals surface area contributed by atoms with E-state index in [1.165, 1.54) is 0 Å². The van der Waals surface area contributed by atoms with Crippen LogP contribution in [0.2, 0.25) is 0 Å². The molecule has 18 heavy (non-hydrogen) atoms. The number of nitrogens with one attached hydrogen (secondary N) is 1. The van der Waals surface area contributed by atoms with Gasteiger partial charge in [0.05, 0.1) is 0 Å². The van der Waals surface area contributed by atoms with Gasteiger partial charge in [-0.05, 0) is 31.1 Å². The highest BCUT2D eigenvalue weighted by atomic mass is 79.9. The second kappa shape index (κ2) is 9.82. The lowest BCUT2D eigenvalue weighted by atomic mass is 9.84. The van der Waals surface area contributed by atoms with E-state index in [0.717, 1.165) is 50.4 Å². The Morgan fingerprint density at radius 1 is 1.11 bits per heavy atom. The number of carbonyl (C=O) groups excluding carboxylic acids is 1. The number of amides is 1. The fourth-order valence-corrected chi connectivity index (χ4v) is 3.25. The van der Waals surface area contributed by atoms with Crippen molar-refractivity contribution in [1.29, 1.82) is 0 Å². The van der Waals surface area contributed by atoms with Crippen LogP contribution in [0.15, 0.2) is 0 Å². The number of alkyl halides is 1. The van der Waals surface area contributed by atoms with Crippen molar-refractivity contribution >= 4 is 21.8 Å². The highest BCUT2D eigenvalue weighted by Gasteiger charge is 2.26. The van der Waals surface area contributed by atoms with Gasteiger partial charge in [0.2, 0.25) is 5.91 Å². The van der Waals surface area contributed by atoms with Crippen LogP contribution in [0.4, 0.5) is 0 Å². The molecule has 0 spiro atoms. The smallest absolute Gasteiger partial charge is 0.223 e. The molecular weight excluding hydrogens is 290 g/mol. The molecule has 0 bridgehead atoms. The van der Waals surface area contributed by atoms with Gasteiger partial charge in [-0.25, -0.2) is 0 Å². The van der Waals surface area contributed by atoms with Crippen molar-refractivity contribution in [3.63, 3.8) is 0 Å². The second-order valence-electron chi connectivity index (χ2n) is 5.33. The molecule has 3 heteroatoms. The van der Waals surface area contributed by atoms with Crippen LogP contribution in [-0.4, -0.2) is 17.8 Å². The maximum absolute atomic E-state index is 12.2. The largest absolute Gasteiger partial charge is 0.355 e. The Morgan fingerprint density at radius 3 is 1.94 bits per heavy atom. The fraction of sp³-hybridized carbons (Fsp3) is 0.933. The summed E-state index contributed by atoms with van der Waals surface area (Å²) in [7, 11) is 0. The molecule has 0 aliphatic rings. The topological polar surface area (TPSA) is 29.1 Å². The molecule has 0 saturated carbocycles. The van der Waals surface area contributed by atoms with E-state index in [0.29, 0.717) is 0 Å². The van der Waals surface area contributed by atoms with Crippen molar-refractivity contribution in [2.24, 2.45) is 11.3 Å². The summed E-state index contributed by atoms with van der Waals surface area (Å²) in [4.78, 5) is 12.2. The molecule has 0 radical (unpaired) electrons. The van der Waals surface area contributed by atoms with E-state index in [1.807, 2.05) is 0 Å². The van der Waals surface area contributed by atoms with Crippen molar-refractivity contribution in [3.05, 3.63) is 0 Å². The Hall–Kier alpha value is -0.0500. The van der Waals surface area contributed by atoms with Crippen LogP contribution in [0, 0.1) is 11.3 Å². The Balaban J connectivity index is 4.35. The Morgan fingerprint density at radius 2 is 1.61 bits per heavy atom. The van der Waals surface area contributed by atoms with Crippen LogP contribution in [0.25, 0.3) is 0 Å². The normalized spacial score (nSPS) is 11.9. The van der Waals surface area contributed by atoms with E-state index in [2.05, 4.69) is 48.9 Å². The van der Waals surface area contributed by atoms with Crippen LogP contribution in [-0.2, 0) is 4.79 Å². The Labute approximate surface area is 121 Å². The third-order valence-electron chi connectivity index (χ3n) is 4.07. The van der Waals surface area contributed by atoms with Crippen LogP contribution < -0.4 is 5.32 Å². The molecule has 0 heterocycles. The third kappa shape index (κ3) is 5.73. The van der Waals surface area contributed by atoms with Crippen LogP contribution in [0.1, 0.15) is 66.2 Å². The monoisotopic (exact) mass is 319 g/mol. The first-order valence-electron chi connectivity index (χ1n) is 7.42. The number of hydrogen-bond donors (Lipinski definition) is 1. The first-order chi connectivity index (χ1) is 8.59. The molecule has 108 valence electrons. The van der Waals surface area contributed by atoms with Gasteiger partial charge in [0, 0.05) is 17.8 Å². The molecule has 0 saturated heterocycles. The van der Waals surface area contributed by atoms with Gasteiger partial charge in [0.25, 0.3) is 0 Å². The molecule has 2 nitrogen and oxygen atoms in total. The summed E-state index contributed by atoms with van der Waals surface area (Å²) < 4.78 is 0. The first-order valence-corrected chi connectivity index (χ1v) is 8.54. The molecule has 0 atom stereocenters. The van der Waals surface area contributed by atoms with E-state index >= 15 is 0 Å². The van der Waals surface area contributed by atoms with Gasteiger partial charge < -0.3 is 5.32 Å². The zero-order chi connectivity index (χ0) is 14.0. The molecule has 0 fully saturated rings. The molecule has 0 unspecified atom stereocenters. The maximum atomic E-state index is 12.2. The summed E-state index contributed by atoms with van der Waals surface area (Å²) in [5.41, 5.74) is 0.221. The third-order valence-corrected chi connectivity index (χ3v) is 5.26. The Bertz CT molecular complexity index is 212. The van der Waals surface area contributed by atoms with Gasteiger partial charge in [-0.3, -0.25) is 4.79 Å². The SMILES string of the molecule is CCCC(CCC)C(=O)NCC(CC)(CC)CBr. The minimum atomic E-state index is 0.210. The number of halogens is 1. The molecule has 0 aromatic heterocycles. The molecule has 0 aliphatic carbocycles. The van der Waals surface area contributed by atoms with Crippen LogP contribution >= 0.6 is 15.9 Å². The van der Waals surface area contributed by atoms with E-state index in [1.54, 1.807) is 0 Å². The lowest BCUT2D eigenvalue weighted by Crippen LogP contribution is -2.40. The summed E-state index contributed by atoms with van der Waals surface area (Å²) in [6.07, 6.45) is 6.40. The molecule has 1 N–H and O–H groups in total. The van der Waals surface area contributed by atoms with Gasteiger partial charge in [-0.15, -0.1) is 0 Å². The van der Waals surface area contributed by atoms with E-state index < -0.39 is 0 Å². The average molecular weight is 320 g/mol. The summed E-state index contributed by atoms with van der Waals surface area (Å²) in [6, 6.07) is 0. The quantitative estimate of drug-likeness (QED) is 0.589. The van der Waals surface area contributed by atoms with Gasteiger partial charge in [0.1, 0.15) is 0 Å². The van der Waals surface area contributed by atoms with Gasteiger partial charge in [0.15, 0.2) is 0 Å². The number of carbonyl (C=O) groups is 1. The Kier molecular flexibility index (Phi) is 9.80. The van der Waals surface area contributed by atoms with Crippen LogP contribution in [0.5, 0.6) is 0 Å². The van der Waals surface area contributed by atoms with Crippen molar-refractivity contribution in [3.8, 4) is 0 Å². The highest BCUT2D eigenvalue weighted by molar-refractivity contribution is 9.09. The zero-order valence-corrected chi connectivity index (χ0v) is 14.1. The van der Waals surface area contributed by atoms with Crippen LogP contribution in [0.3, 0.4) is 0 Å². The molecular formula is C15H30BrNO. The lowest BCUT2D eigenvalue weighted by Gasteiger charge is -2.30. The minimum Gasteiger partial charge on any atom is -0.355 e.